The minimum absolute atomic E-state index is 0.0438. The van der Waals surface area contributed by atoms with Gasteiger partial charge in [0.2, 0.25) is 11.8 Å². The predicted octanol–water partition coefficient (Wildman–Crippen LogP) is 5.38. The average molecular weight is 637 g/mol. The maximum absolute atomic E-state index is 14.2. The molecule has 0 bridgehead atoms. The molecule has 0 saturated carbocycles. The molecule has 3 rings (SSSR count). The van der Waals surface area contributed by atoms with E-state index >= 15 is 0 Å². The van der Waals surface area contributed by atoms with Crippen molar-refractivity contribution in [2.45, 2.75) is 44.7 Å². The summed E-state index contributed by atoms with van der Waals surface area (Å²) in [4.78, 5) is 28.3. The third-order valence-electron chi connectivity index (χ3n) is 6.70. The maximum Gasteiger partial charge on any atom is 0.264 e. The van der Waals surface area contributed by atoms with E-state index in [9.17, 15) is 18.0 Å². The monoisotopic (exact) mass is 635 g/mol. The van der Waals surface area contributed by atoms with Gasteiger partial charge in [-0.3, -0.25) is 13.9 Å². The van der Waals surface area contributed by atoms with E-state index in [4.69, 9.17) is 32.7 Å². The summed E-state index contributed by atoms with van der Waals surface area (Å²) in [6.45, 7) is 4.82. The third-order valence-corrected chi connectivity index (χ3v) is 9.06. The minimum atomic E-state index is -4.31. The van der Waals surface area contributed by atoms with Gasteiger partial charge in [0.05, 0.1) is 24.8 Å². The number of hydrogen-bond donors (Lipinski definition) is 1. The van der Waals surface area contributed by atoms with Crippen LogP contribution in [0.3, 0.4) is 0 Å². The molecule has 0 aliphatic heterocycles. The highest BCUT2D eigenvalue weighted by atomic mass is 35.5. The lowest BCUT2D eigenvalue weighted by Gasteiger charge is -2.33. The lowest BCUT2D eigenvalue weighted by atomic mass is 10.1. The van der Waals surface area contributed by atoms with Gasteiger partial charge in [-0.2, -0.15) is 0 Å². The number of methoxy groups -OCH3 is 2. The molecule has 0 saturated heterocycles. The molecule has 1 N–H and O–H groups in total. The van der Waals surface area contributed by atoms with Gasteiger partial charge in [0.25, 0.3) is 10.0 Å². The highest BCUT2D eigenvalue weighted by Crippen LogP contribution is 2.33. The van der Waals surface area contributed by atoms with Crippen LogP contribution in [0.15, 0.2) is 59.5 Å². The van der Waals surface area contributed by atoms with Gasteiger partial charge in [0, 0.05) is 29.7 Å². The number of benzene rings is 3. The number of anilines is 1. The summed E-state index contributed by atoms with van der Waals surface area (Å²) >= 11 is 12.5. The number of amides is 2. The summed E-state index contributed by atoms with van der Waals surface area (Å²) in [6.07, 6.45) is 0.280. The number of hydrogen-bond acceptors (Lipinski definition) is 6. The first-order valence-electron chi connectivity index (χ1n) is 13.1. The fourth-order valence-corrected chi connectivity index (χ4v) is 6.53. The first kappa shape index (κ1) is 33.0. The second kappa shape index (κ2) is 14.1. The molecule has 3 aromatic rings. The Morgan fingerprint density at radius 2 is 1.57 bits per heavy atom. The van der Waals surface area contributed by atoms with E-state index in [0.717, 1.165) is 15.4 Å². The van der Waals surface area contributed by atoms with Crippen LogP contribution in [0.4, 0.5) is 5.69 Å². The van der Waals surface area contributed by atoms with Gasteiger partial charge in [0.15, 0.2) is 11.5 Å². The zero-order chi connectivity index (χ0) is 31.2. The molecule has 0 radical (unpaired) electrons. The van der Waals surface area contributed by atoms with Crippen molar-refractivity contribution >= 4 is 50.7 Å². The Balaban J connectivity index is 2.15. The van der Waals surface area contributed by atoms with E-state index in [1.54, 1.807) is 37.3 Å². The number of carbonyl (C=O) groups is 2. The van der Waals surface area contributed by atoms with Crippen LogP contribution in [0, 0.1) is 13.8 Å². The van der Waals surface area contributed by atoms with E-state index < -0.39 is 34.4 Å². The quantitative estimate of drug-likeness (QED) is 0.287. The van der Waals surface area contributed by atoms with Gasteiger partial charge in [-0.15, -0.1) is 0 Å². The lowest BCUT2D eigenvalue weighted by molar-refractivity contribution is -0.140. The van der Waals surface area contributed by atoms with Crippen molar-refractivity contribution in [3.05, 3.63) is 81.3 Å². The molecule has 0 aliphatic rings. The molecule has 226 valence electrons. The Hall–Kier alpha value is -3.47. The molecule has 42 heavy (non-hydrogen) atoms. The standard InChI is InChI=1S/C30H35Cl2N3O6S/c1-7-26(30(37)33-4)34(17-21-8-9-22(31)15-25(21)32)29(36)18-35(23-13-19(2)12-20(3)14-23)42(38,39)24-10-11-27(40-5)28(16-24)41-6/h8-16,26H,7,17-18H2,1-6H3,(H,33,37)/t26-/m1/s1. The van der Waals surface area contributed by atoms with Crippen LogP contribution in [0.5, 0.6) is 11.5 Å². The van der Waals surface area contributed by atoms with Crippen molar-refractivity contribution in [1.82, 2.24) is 10.2 Å². The largest absolute Gasteiger partial charge is 0.493 e. The fourth-order valence-electron chi connectivity index (χ4n) is 4.65. The number of nitrogens with one attached hydrogen (secondary N) is 1. The molecular weight excluding hydrogens is 601 g/mol. The Kier molecular flexibility index (Phi) is 11.1. The Labute approximate surface area is 257 Å². The van der Waals surface area contributed by atoms with E-state index in [2.05, 4.69) is 5.32 Å². The summed E-state index contributed by atoms with van der Waals surface area (Å²) in [5.74, 6) is -0.417. The Morgan fingerprint density at radius 3 is 2.12 bits per heavy atom. The van der Waals surface area contributed by atoms with Crippen molar-refractivity contribution in [2.75, 3.05) is 32.1 Å². The normalized spacial score (nSPS) is 11.9. The predicted molar refractivity (Wildman–Crippen MR) is 165 cm³/mol. The van der Waals surface area contributed by atoms with Gasteiger partial charge < -0.3 is 19.7 Å². The van der Waals surface area contributed by atoms with Crippen molar-refractivity contribution in [1.29, 1.82) is 0 Å². The van der Waals surface area contributed by atoms with E-state index in [1.807, 2.05) is 19.9 Å². The Morgan fingerprint density at radius 1 is 0.929 bits per heavy atom. The molecule has 0 unspecified atom stereocenters. The molecule has 0 aliphatic carbocycles. The zero-order valence-electron chi connectivity index (χ0n) is 24.4. The lowest BCUT2D eigenvalue weighted by Crippen LogP contribution is -2.51. The van der Waals surface area contributed by atoms with Crippen LogP contribution >= 0.6 is 23.2 Å². The van der Waals surface area contributed by atoms with Gasteiger partial charge in [0.1, 0.15) is 12.6 Å². The van der Waals surface area contributed by atoms with Gasteiger partial charge >= 0.3 is 0 Å². The number of sulfonamides is 1. The SMILES string of the molecule is CC[C@H](C(=O)NC)N(Cc1ccc(Cl)cc1Cl)C(=O)CN(c1cc(C)cc(C)c1)S(=O)(=O)c1ccc(OC)c(OC)c1. The molecule has 2 amide bonds. The molecule has 0 heterocycles. The smallest absolute Gasteiger partial charge is 0.264 e. The molecule has 12 heteroatoms. The first-order valence-corrected chi connectivity index (χ1v) is 15.3. The molecule has 0 spiro atoms. The topological polar surface area (TPSA) is 105 Å². The summed E-state index contributed by atoms with van der Waals surface area (Å²) in [5, 5.41) is 3.33. The van der Waals surface area contributed by atoms with Crippen LogP contribution in [-0.2, 0) is 26.2 Å². The second-order valence-electron chi connectivity index (χ2n) is 9.67. The van der Waals surface area contributed by atoms with Crippen molar-refractivity contribution in [3.63, 3.8) is 0 Å². The van der Waals surface area contributed by atoms with Crippen LogP contribution in [0.1, 0.15) is 30.0 Å². The summed E-state index contributed by atoms with van der Waals surface area (Å²) in [5.41, 5.74) is 2.48. The van der Waals surface area contributed by atoms with Crippen molar-refractivity contribution in [2.24, 2.45) is 0 Å². The number of nitrogens with zero attached hydrogens (tertiary/aromatic N) is 2. The van der Waals surface area contributed by atoms with Crippen molar-refractivity contribution in [3.8, 4) is 11.5 Å². The fraction of sp³-hybridized carbons (Fsp3) is 0.333. The molecule has 9 nitrogen and oxygen atoms in total. The van der Waals surface area contributed by atoms with Gasteiger partial charge in [-0.1, -0.05) is 42.3 Å². The number of likely N-dealkylation sites (N-methyl/N-ethyl adjacent to an activating group) is 1. The number of carbonyl (C=O) groups excluding carboxylic acids is 2. The third kappa shape index (κ3) is 7.48. The minimum Gasteiger partial charge on any atom is -0.493 e. The number of aryl methyl sites for hydroxylation is 2. The van der Waals surface area contributed by atoms with Crippen LogP contribution in [0.2, 0.25) is 10.0 Å². The average Bonchev–Trinajstić information content (AvgIpc) is 2.95. The number of halogens is 2. The van der Waals surface area contributed by atoms with Gasteiger partial charge in [-0.05, 0) is 73.4 Å². The molecule has 3 aromatic carbocycles. The van der Waals surface area contributed by atoms with Crippen LogP contribution in [-0.4, -0.2) is 59.0 Å². The summed E-state index contributed by atoms with van der Waals surface area (Å²) in [6, 6.07) is 13.5. The highest BCUT2D eigenvalue weighted by Gasteiger charge is 2.34. The van der Waals surface area contributed by atoms with Crippen LogP contribution < -0.4 is 19.1 Å². The molecular formula is C30H35Cl2N3O6S. The van der Waals surface area contributed by atoms with E-state index in [0.29, 0.717) is 27.0 Å². The zero-order valence-corrected chi connectivity index (χ0v) is 26.7. The number of rotatable bonds is 12. The second-order valence-corrected chi connectivity index (χ2v) is 12.4. The first-order chi connectivity index (χ1) is 19.9. The molecule has 0 aromatic heterocycles. The Bertz CT molecular complexity index is 1540. The van der Waals surface area contributed by atoms with Crippen LogP contribution in [0.25, 0.3) is 0 Å². The van der Waals surface area contributed by atoms with Crippen molar-refractivity contribution < 1.29 is 27.5 Å². The summed E-state index contributed by atoms with van der Waals surface area (Å²) < 4.78 is 40.1. The molecule has 1 atom stereocenters. The molecule has 0 fully saturated rings. The van der Waals surface area contributed by atoms with Gasteiger partial charge in [-0.25, -0.2) is 8.42 Å². The highest BCUT2D eigenvalue weighted by molar-refractivity contribution is 7.92. The number of ether oxygens (including phenoxy) is 2. The van der Waals surface area contributed by atoms with E-state index in [1.165, 1.54) is 44.4 Å². The maximum atomic E-state index is 14.2. The summed E-state index contributed by atoms with van der Waals surface area (Å²) in [7, 11) is 0.0207. The van der Waals surface area contributed by atoms with E-state index in [-0.39, 0.29) is 23.6 Å².